The Kier molecular flexibility index (Phi) is 8.96. The summed E-state index contributed by atoms with van der Waals surface area (Å²) in [7, 11) is 1.67. The van der Waals surface area contributed by atoms with Crippen molar-refractivity contribution in [2.24, 2.45) is 0 Å². The molecule has 1 aliphatic rings. The number of unbranched alkanes of at least 4 members (excludes halogenated alkanes) is 1. The van der Waals surface area contributed by atoms with Gasteiger partial charge in [-0.2, -0.15) is 0 Å². The minimum absolute atomic E-state index is 0.216. The van der Waals surface area contributed by atoms with E-state index in [9.17, 15) is 9.18 Å². The maximum atomic E-state index is 12.2. The van der Waals surface area contributed by atoms with E-state index in [0.29, 0.717) is 23.7 Å². The van der Waals surface area contributed by atoms with Crippen LogP contribution in [0.2, 0.25) is 4.34 Å². The van der Waals surface area contributed by atoms with Crippen LogP contribution in [-0.2, 0) is 11.3 Å². The highest BCUT2D eigenvalue weighted by atomic mass is 35.5. The third kappa shape index (κ3) is 6.81. The molecule has 0 aromatic carbocycles. The third-order valence-electron chi connectivity index (χ3n) is 5.37. The van der Waals surface area contributed by atoms with E-state index in [1.165, 1.54) is 35.5 Å². The van der Waals surface area contributed by atoms with Crippen molar-refractivity contribution in [1.29, 1.82) is 0 Å². The number of rotatable bonds is 9. The summed E-state index contributed by atoms with van der Waals surface area (Å²) in [6.45, 7) is 2.12. The Labute approximate surface area is 192 Å². The molecule has 1 saturated carbocycles. The first-order valence-electron chi connectivity index (χ1n) is 10.8. The van der Waals surface area contributed by atoms with Gasteiger partial charge in [0.05, 0.1) is 46.5 Å². The van der Waals surface area contributed by atoms with Crippen LogP contribution in [0.1, 0.15) is 56.2 Å². The number of thiophene rings is 1. The first-order valence-corrected chi connectivity index (χ1v) is 12.0. The van der Waals surface area contributed by atoms with Gasteiger partial charge >= 0.3 is 6.09 Å². The van der Waals surface area contributed by atoms with Crippen molar-refractivity contribution in [3.05, 3.63) is 33.8 Å². The molecule has 2 aromatic heterocycles. The number of hydrogen-bond donors (Lipinski definition) is 0. The van der Waals surface area contributed by atoms with Crippen molar-refractivity contribution in [3.8, 4) is 16.3 Å². The Morgan fingerprint density at radius 1 is 1.29 bits per heavy atom. The number of amides is 1. The number of alkyl halides is 1. The molecule has 3 rings (SSSR count). The summed E-state index contributed by atoms with van der Waals surface area (Å²) in [6.07, 6.45) is 6.68. The topological polar surface area (TPSA) is 51.7 Å². The number of aromatic nitrogens is 1. The second-order valence-electron chi connectivity index (χ2n) is 7.93. The van der Waals surface area contributed by atoms with Crippen molar-refractivity contribution in [3.63, 3.8) is 0 Å². The Morgan fingerprint density at radius 3 is 2.77 bits per heavy atom. The van der Waals surface area contributed by atoms with E-state index >= 15 is 0 Å². The van der Waals surface area contributed by atoms with Crippen molar-refractivity contribution < 1.29 is 18.7 Å². The molecule has 0 aliphatic heterocycles. The molecule has 0 radical (unpaired) electrons. The average molecular weight is 469 g/mol. The van der Waals surface area contributed by atoms with Crippen LogP contribution in [-0.4, -0.2) is 42.4 Å². The first kappa shape index (κ1) is 23.8. The van der Waals surface area contributed by atoms with E-state index in [4.69, 9.17) is 26.1 Å². The third-order valence-corrected chi connectivity index (χ3v) is 6.70. The molecule has 1 amide bonds. The van der Waals surface area contributed by atoms with E-state index < -0.39 is 12.8 Å². The zero-order chi connectivity index (χ0) is 22.2. The molecular formula is C23H30ClFN2O3S. The number of aryl methyl sites for hydroxylation is 1. The van der Waals surface area contributed by atoms with E-state index in [0.717, 1.165) is 40.4 Å². The molecule has 0 atom stereocenters. The maximum Gasteiger partial charge on any atom is 0.409 e. The fraction of sp³-hybridized carbons (Fsp3) is 0.565. The largest absolute Gasteiger partial charge is 0.489 e. The maximum absolute atomic E-state index is 12.2. The van der Waals surface area contributed by atoms with Crippen LogP contribution < -0.4 is 4.74 Å². The van der Waals surface area contributed by atoms with Crippen molar-refractivity contribution in [2.75, 3.05) is 20.3 Å². The predicted octanol–water partition coefficient (Wildman–Crippen LogP) is 6.80. The molecule has 0 spiro atoms. The van der Waals surface area contributed by atoms with Gasteiger partial charge in [0.2, 0.25) is 0 Å². The molecule has 0 N–H and O–H groups in total. The summed E-state index contributed by atoms with van der Waals surface area (Å²) < 4.78 is 24.2. The number of pyridine rings is 1. The number of carbonyl (C=O) groups excluding carboxylic acids is 1. The zero-order valence-electron chi connectivity index (χ0n) is 18.2. The van der Waals surface area contributed by atoms with Crippen LogP contribution in [0.3, 0.4) is 0 Å². The van der Waals surface area contributed by atoms with E-state index in [1.54, 1.807) is 7.05 Å². The van der Waals surface area contributed by atoms with Gasteiger partial charge in [0.15, 0.2) is 0 Å². The average Bonchev–Trinajstić information content (AvgIpc) is 3.13. The quantitative estimate of drug-likeness (QED) is 0.379. The van der Waals surface area contributed by atoms with E-state index in [2.05, 4.69) is 0 Å². The fourth-order valence-electron chi connectivity index (χ4n) is 3.68. The van der Waals surface area contributed by atoms with Crippen molar-refractivity contribution >= 4 is 29.0 Å². The van der Waals surface area contributed by atoms with E-state index in [-0.39, 0.29) is 12.7 Å². The lowest BCUT2D eigenvalue weighted by molar-refractivity contribution is 0.107. The van der Waals surface area contributed by atoms with Gasteiger partial charge in [0.1, 0.15) is 5.75 Å². The Balaban J connectivity index is 1.67. The van der Waals surface area contributed by atoms with Crippen LogP contribution in [0, 0.1) is 6.92 Å². The summed E-state index contributed by atoms with van der Waals surface area (Å²) in [4.78, 5) is 19.4. The minimum Gasteiger partial charge on any atom is -0.489 e. The molecular weight excluding hydrogens is 439 g/mol. The van der Waals surface area contributed by atoms with Gasteiger partial charge < -0.3 is 14.4 Å². The molecule has 2 heterocycles. The molecule has 170 valence electrons. The summed E-state index contributed by atoms with van der Waals surface area (Å²) in [5.41, 5.74) is 2.57. The fourth-order valence-corrected chi connectivity index (χ4v) is 4.91. The molecule has 0 saturated heterocycles. The lowest BCUT2D eigenvalue weighted by atomic mass is 9.98. The lowest BCUT2D eigenvalue weighted by Gasteiger charge is -2.23. The number of nitrogens with zero attached hydrogens (tertiary/aromatic N) is 2. The normalized spacial score (nSPS) is 14.5. The second kappa shape index (κ2) is 11.7. The standard InChI is InChI=1S/C23H30ClFN2O3S/c1-16-20(30-18-8-4-3-5-9-18)11-10-19(26-16)22-17(14-21(24)31-22)15-27(2)23(28)29-13-7-6-12-25/h10-11,14,18H,3-9,12-13,15H2,1-2H3. The Bertz CT molecular complexity index is 871. The van der Waals surface area contributed by atoms with Crippen LogP contribution in [0.15, 0.2) is 18.2 Å². The first-order chi connectivity index (χ1) is 15.0. The zero-order valence-corrected chi connectivity index (χ0v) is 19.7. The number of carbonyl (C=O) groups is 1. The van der Waals surface area contributed by atoms with Crippen LogP contribution in [0.25, 0.3) is 10.6 Å². The monoisotopic (exact) mass is 468 g/mol. The Hall–Kier alpha value is -1.86. The van der Waals surface area contributed by atoms with Crippen LogP contribution in [0.4, 0.5) is 9.18 Å². The number of ether oxygens (including phenoxy) is 2. The van der Waals surface area contributed by atoms with Gasteiger partial charge in [-0.3, -0.25) is 4.39 Å². The van der Waals surface area contributed by atoms with Gasteiger partial charge in [-0.25, -0.2) is 9.78 Å². The van der Waals surface area contributed by atoms with E-state index in [1.807, 2.05) is 25.1 Å². The van der Waals surface area contributed by atoms with Crippen molar-refractivity contribution in [1.82, 2.24) is 9.88 Å². The predicted molar refractivity (Wildman–Crippen MR) is 123 cm³/mol. The van der Waals surface area contributed by atoms with Crippen molar-refractivity contribution in [2.45, 2.75) is 64.5 Å². The van der Waals surface area contributed by atoms with Gasteiger partial charge in [-0.15, -0.1) is 11.3 Å². The molecule has 0 unspecified atom stereocenters. The molecule has 8 heteroatoms. The number of hydrogen-bond acceptors (Lipinski definition) is 5. The summed E-state index contributed by atoms with van der Waals surface area (Å²) in [5.74, 6) is 0.828. The molecule has 2 aromatic rings. The highest BCUT2D eigenvalue weighted by Crippen LogP contribution is 2.36. The van der Waals surface area contributed by atoms with Crippen LogP contribution in [0.5, 0.6) is 5.75 Å². The summed E-state index contributed by atoms with van der Waals surface area (Å²) >= 11 is 7.73. The number of halogens is 2. The van der Waals surface area contributed by atoms with Gasteiger partial charge in [0, 0.05) is 7.05 Å². The molecule has 5 nitrogen and oxygen atoms in total. The lowest BCUT2D eigenvalue weighted by Crippen LogP contribution is -2.27. The van der Waals surface area contributed by atoms with Gasteiger partial charge in [-0.1, -0.05) is 18.0 Å². The molecule has 1 aliphatic carbocycles. The molecule has 0 bridgehead atoms. The van der Waals surface area contributed by atoms with Gasteiger partial charge in [-0.05, 0) is 69.2 Å². The smallest absolute Gasteiger partial charge is 0.409 e. The SMILES string of the molecule is Cc1nc(-c2sc(Cl)cc2CN(C)C(=O)OCCCCF)ccc1OC1CCCCC1. The molecule has 31 heavy (non-hydrogen) atoms. The molecule has 1 fully saturated rings. The summed E-state index contributed by atoms with van der Waals surface area (Å²) in [6, 6.07) is 5.79. The Morgan fingerprint density at radius 2 is 2.06 bits per heavy atom. The van der Waals surface area contributed by atoms with Crippen LogP contribution >= 0.6 is 22.9 Å². The highest BCUT2D eigenvalue weighted by Gasteiger charge is 2.19. The summed E-state index contributed by atoms with van der Waals surface area (Å²) in [5, 5.41) is 0. The minimum atomic E-state index is -0.437. The highest BCUT2D eigenvalue weighted by molar-refractivity contribution is 7.19. The van der Waals surface area contributed by atoms with Gasteiger partial charge in [0.25, 0.3) is 0 Å². The second-order valence-corrected chi connectivity index (χ2v) is 9.61.